The molecule has 11 nitrogen and oxygen atoms in total. The predicted molar refractivity (Wildman–Crippen MR) is 127 cm³/mol. The molecule has 0 spiro atoms. The van der Waals surface area contributed by atoms with E-state index < -0.39 is 29.5 Å². The number of benzene rings is 1. The predicted octanol–water partition coefficient (Wildman–Crippen LogP) is 1.70. The van der Waals surface area contributed by atoms with Gasteiger partial charge in [0, 0.05) is 19.7 Å². The monoisotopic (exact) mass is 489 g/mol. The highest BCUT2D eigenvalue weighted by molar-refractivity contribution is 5.97. The number of hydrogen-bond donors (Lipinski definition) is 3. The minimum absolute atomic E-state index is 0.0418. The van der Waals surface area contributed by atoms with E-state index >= 15 is 0 Å². The van der Waals surface area contributed by atoms with Crippen molar-refractivity contribution in [3.05, 3.63) is 81.4 Å². The summed E-state index contributed by atoms with van der Waals surface area (Å²) >= 11 is 0. The highest BCUT2D eigenvalue weighted by Gasteiger charge is 2.31. The number of hydrogen-bond acceptors (Lipinski definition) is 7. The lowest BCUT2D eigenvalue weighted by atomic mass is 9.91. The van der Waals surface area contributed by atoms with Gasteiger partial charge in [-0.15, -0.1) is 0 Å². The van der Waals surface area contributed by atoms with Crippen LogP contribution in [0.3, 0.4) is 0 Å². The minimum atomic E-state index is -0.857. The van der Waals surface area contributed by atoms with Crippen LogP contribution in [-0.2, 0) is 18.4 Å². The van der Waals surface area contributed by atoms with Gasteiger partial charge in [0.25, 0.3) is 11.8 Å². The first-order valence-corrected chi connectivity index (χ1v) is 11.4. The van der Waals surface area contributed by atoms with Crippen LogP contribution in [0.5, 0.6) is 0 Å². The average molecular weight is 489 g/mol. The van der Waals surface area contributed by atoms with Crippen LogP contribution in [0.4, 0.5) is 0 Å². The topological polar surface area (TPSA) is 156 Å². The zero-order valence-corrected chi connectivity index (χ0v) is 19.4. The number of carbonyl (C=O) groups excluding carboxylic acids is 2. The standard InChI is InChI=1S/C25H23N5O6/c1-30-20-8-13(2-7-21(20)36-25(30)35)11-26-22(31)18-10-19(28-12-27-18)23(32)29-17-6-4-14-9-15(24(33)34)3-5-16(14)17/h2,5,7-10,12,15,17H,3-4,6,11H2,1H3,(H,26,31)(H,29,32)(H,33,34)/t15?,17-/m0/s1. The number of rotatable bonds is 6. The Morgan fingerprint density at radius 2 is 1.94 bits per heavy atom. The lowest BCUT2D eigenvalue weighted by molar-refractivity contribution is -0.140. The first-order valence-electron chi connectivity index (χ1n) is 11.4. The third-order valence-electron chi connectivity index (χ3n) is 6.51. The number of aryl methyl sites for hydroxylation is 1. The lowest BCUT2D eigenvalue weighted by Crippen LogP contribution is -2.35. The fraction of sp³-hybridized carbons (Fsp3) is 0.280. The highest BCUT2D eigenvalue weighted by atomic mass is 16.4. The molecule has 2 atom stereocenters. The van der Waals surface area contributed by atoms with Gasteiger partial charge in [-0.1, -0.05) is 18.2 Å². The number of aromatic nitrogens is 3. The molecular weight excluding hydrogens is 466 g/mol. The average Bonchev–Trinajstić information content (AvgIpc) is 3.41. The summed E-state index contributed by atoms with van der Waals surface area (Å²) in [5.41, 5.74) is 3.83. The van der Waals surface area contributed by atoms with E-state index in [1.807, 2.05) is 6.08 Å². The largest absolute Gasteiger partial charge is 0.481 e. The van der Waals surface area contributed by atoms with E-state index in [1.165, 1.54) is 10.6 Å². The van der Waals surface area contributed by atoms with Crippen LogP contribution in [0, 0.1) is 5.92 Å². The second kappa shape index (κ2) is 9.25. The Morgan fingerprint density at radius 1 is 1.17 bits per heavy atom. The van der Waals surface area contributed by atoms with Crippen LogP contribution in [0.1, 0.15) is 45.8 Å². The number of nitrogens with one attached hydrogen (secondary N) is 2. The van der Waals surface area contributed by atoms with Crippen LogP contribution in [0.2, 0.25) is 0 Å². The quantitative estimate of drug-likeness (QED) is 0.472. The van der Waals surface area contributed by atoms with Crippen LogP contribution < -0.4 is 16.4 Å². The van der Waals surface area contributed by atoms with Gasteiger partial charge in [-0.05, 0) is 48.1 Å². The van der Waals surface area contributed by atoms with Crippen molar-refractivity contribution < 1.29 is 23.9 Å². The summed E-state index contributed by atoms with van der Waals surface area (Å²) in [5, 5.41) is 14.9. The molecule has 0 aliphatic heterocycles. The number of carbonyl (C=O) groups is 3. The van der Waals surface area contributed by atoms with Crippen LogP contribution in [0.15, 0.2) is 63.1 Å². The van der Waals surface area contributed by atoms with Gasteiger partial charge in [-0.3, -0.25) is 19.0 Å². The molecule has 0 radical (unpaired) electrons. The summed E-state index contributed by atoms with van der Waals surface area (Å²) in [6.07, 6.45) is 6.55. The molecule has 1 fully saturated rings. The number of aliphatic carboxylic acids is 1. The summed E-state index contributed by atoms with van der Waals surface area (Å²) in [4.78, 5) is 56.4. The Balaban J connectivity index is 1.23. The third kappa shape index (κ3) is 4.42. The van der Waals surface area contributed by atoms with E-state index in [0.29, 0.717) is 30.4 Å². The van der Waals surface area contributed by atoms with Crippen molar-refractivity contribution in [3.8, 4) is 0 Å². The molecule has 1 saturated carbocycles. The molecule has 5 rings (SSSR count). The maximum absolute atomic E-state index is 12.8. The molecule has 3 N–H and O–H groups in total. The Kier molecular flexibility index (Phi) is 5.96. The SMILES string of the molecule is Cn1c(=O)oc2ccc(CNC(=O)c3cc(C(=O)N[C@H]4CCC5=CC(C(=O)O)CC=C54)ncn3)cc21. The van der Waals surface area contributed by atoms with Crippen molar-refractivity contribution in [1.29, 1.82) is 0 Å². The fourth-order valence-electron chi connectivity index (χ4n) is 4.56. The highest BCUT2D eigenvalue weighted by Crippen LogP contribution is 2.36. The molecule has 2 aliphatic rings. The number of nitrogens with zero attached hydrogens (tertiary/aromatic N) is 3. The number of carboxylic acids is 1. The normalized spacial score (nSPS) is 18.8. The zero-order chi connectivity index (χ0) is 25.4. The molecule has 2 aliphatic carbocycles. The van der Waals surface area contributed by atoms with Gasteiger partial charge in [-0.25, -0.2) is 14.8 Å². The maximum atomic E-state index is 12.8. The molecule has 1 aromatic carbocycles. The van der Waals surface area contributed by atoms with Crippen molar-refractivity contribution in [2.24, 2.45) is 13.0 Å². The Hall–Kier alpha value is -4.54. The van der Waals surface area contributed by atoms with Gasteiger partial charge in [0.2, 0.25) is 0 Å². The Morgan fingerprint density at radius 3 is 2.72 bits per heavy atom. The van der Waals surface area contributed by atoms with E-state index in [0.717, 1.165) is 23.0 Å². The van der Waals surface area contributed by atoms with Gasteiger partial charge >= 0.3 is 11.7 Å². The summed E-state index contributed by atoms with van der Waals surface area (Å²) in [6.45, 7) is 0.183. The molecular formula is C25H23N5O6. The van der Waals surface area contributed by atoms with Crippen molar-refractivity contribution in [2.75, 3.05) is 0 Å². The second-order valence-corrected chi connectivity index (χ2v) is 8.80. The number of fused-ring (bicyclic) bond motifs is 2. The third-order valence-corrected chi connectivity index (χ3v) is 6.51. The zero-order valence-electron chi connectivity index (χ0n) is 19.4. The van der Waals surface area contributed by atoms with Crippen molar-refractivity contribution in [1.82, 2.24) is 25.2 Å². The molecule has 2 amide bonds. The minimum Gasteiger partial charge on any atom is -0.481 e. The van der Waals surface area contributed by atoms with E-state index in [9.17, 15) is 24.3 Å². The molecule has 2 aromatic heterocycles. The Labute approximate surface area is 204 Å². The smallest absolute Gasteiger partial charge is 0.419 e. The molecule has 2 heterocycles. The summed E-state index contributed by atoms with van der Waals surface area (Å²) < 4.78 is 6.49. The molecule has 184 valence electrons. The number of oxazole rings is 1. The first kappa shape index (κ1) is 23.2. The van der Waals surface area contributed by atoms with Crippen molar-refractivity contribution in [3.63, 3.8) is 0 Å². The van der Waals surface area contributed by atoms with Crippen molar-refractivity contribution in [2.45, 2.75) is 31.8 Å². The van der Waals surface area contributed by atoms with Gasteiger partial charge in [0.1, 0.15) is 17.7 Å². The van der Waals surface area contributed by atoms with E-state index in [2.05, 4.69) is 20.6 Å². The van der Waals surface area contributed by atoms with Crippen LogP contribution in [-0.4, -0.2) is 43.5 Å². The number of carboxylic acid groups (broad SMARTS) is 1. The summed E-state index contributed by atoms with van der Waals surface area (Å²) in [6, 6.07) is 6.25. The van der Waals surface area contributed by atoms with Crippen LogP contribution in [0.25, 0.3) is 11.1 Å². The van der Waals surface area contributed by atoms with E-state index in [4.69, 9.17) is 4.42 Å². The fourth-order valence-corrected chi connectivity index (χ4v) is 4.56. The molecule has 11 heteroatoms. The first-order chi connectivity index (χ1) is 17.3. The van der Waals surface area contributed by atoms with Gasteiger partial charge in [0.05, 0.1) is 17.5 Å². The Bertz CT molecular complexity index is 1510. The summed E-state index contributed by atoms with van der Waals surface area (Å²) in [5.74, 6) is -2.77. The number of amides is 2. The lowest BCUT2D eigenvalue weighted by Gasteiger charge is -2.19. The van der Waals surface area contributed by atoms with Crippen LogP contribution >= 0.6 is 0 Å². The maximum Gasteiger partial charge on any atom is 0.419 e. The molecule has 1 unspecified atom stereocenters. The van der Waals surface area contributed by atoms with Gasteiger partial charge in [-0.2, -0.15) is 0 Å². The van der Waals surface area contributed by atoms with E-state index in [1.54, 1.807) is 31.3 Å². The van der Waals surface area contributed by atoms with Crippen molar-refractivity contribution >= 4 is 28.9 Å². The van der Waals surface area contributed by atoms with Gasteiger partial charge < -0.3 is 20.2 Å². The molecule has 3 aromatic rings. The number of allylic oxidation sites excluding steroid dienone is 1. The molecule has 0 bridgehead atoms. The molecule has 0 saturated heterocycles. The molecule has 36 heavy (non-hydrogen) atoms. The van der Waals surface area contributed by atoms with E-state index in [-0.39, 0.29) is 24.0 Å². The second-order valence-electron chi connectivity index (χ2n) is 8.80. The van der Waals surface area contributed by atoms with Gasteiger partial charge in [0.15, 0.2) is 5.58 Å². The summed E-state index contributed by atoms with van der Waals surface area (Å²) in [7, 11) is 1.60.